The molecule has 0 spiro atoms. The quantitative estimate of drug-likeness (QED) is 0.835. The van der Waals surface area contributed by atoms with Crippen LogP contribution >= 0.6 is 0 Å². The zero-order valence-corrected chi connectivity index (χ0v) is 13.4. The van der Waals surface area contributed by atoms with E-state index in [0.29, 0.717) is 18.0 Å². The van der Waals surface area contributed by atoms with E-state index in [4.69, 9.17) is 0 Å². The highest BCUT2D eigenvalue weighted by molar-refractivity contribution is 5.82. The van der Waals surface area contributed by atoms with Gasteiger partial charge in [0.15, 0.2) is 0 Å². The van der Waals surface area contributed by atoms with Crippen molar-refractivity contribution in [3.05, 3.63) is 0 Å². The summed E-state index contributed by atoms with van der Waals surface area (Å²) in [6.45, 7) is 5.66. The number of carbonyl (C=O) groups excluding carboxylic acids is 1. The lowest BCUT2D eigenvalue weighted by atomic mass is 9.87. The monoisotopic (exact) mass is 293 g/mol. The fourth-order valence-corrected chi connectivity index (χ4v) is 4.35. The van der Waals surface area contributed by atoms with E-state index in [1.165, 1.54) is 44.9 Å². The van der Waals surface area contributed by atoms with Crippen LogP contribution in [0.15, 0.2) is 0 Å². The molecule has 0 aromatic rings. The number of nitrogens with one attached hydrogen (secondary N) is 2. The predicted octanol–water partition coefficient (Wildman–Crippen LogP) is 1.90. The van der Waals surface area contributed by atoms with Crippen LogP contribution in [0.5, 0.6) is 0 Å². The molecule has 0 radical (unpaired) electrons. The summed E-state index contributed by atoms with van der Waals surface area (Å²) in [5.41, 5.74) is 0. The summed E-state index contributed by atoms with van der Waals surface area (Å²) in [6.07, 6.45) is 9.53. The van der Waals surface area contributed by atoms with Crippen molar-refractivity contribution in [2.24, 2.45) is 5.92 Å². The van der Waals surface area contributed by atoms with E-state index in [-0.39, 0.29) is 6.04 Å². The molecule has 1 aliphatic carbocycles. The van der Waals surface area contributed by atoms with Crippen LogP contribution in [0.1, 0.15) is 58.3 Å². The van der Waals surface area contributed by atoms with Gasteiger partial charge in [-0.1, -0.05) is 6.92 Å². The molecule has 1 unspecified atom stereocenters. The summed E-state index contributed by atoms with van der Waals surface area (Å²) in [4.78, 5) is 15.2. The average Bonchev–Trinajstić information content (AvgIpc) is 3.00. The second kappa shape index (κ2) is 7.10. The van der Waals surface area contributed by atoms with E-state index >= 15 is 0 Å². The number of amides is 1. The standard InChI is InChI=1S/C17H31N3O/c1-13-4-6-14(7-5-13)19-17(21)16-3-2-12-20(16)15-8-10-18-11-9-15/h13-16,18H,2-12H2,1H3,(H,19,21). The Labute approximate surface area is 129 Å². The Hall–Kier alpha value is -0.610. The molecule has 0 aromatic heterocycles. The van der Waals surface area contributed by atoms with Gasteiger partial charge in [0, 0.05) is 12.1 Å². The molecule has 0 aromatic carbocycles. The van der Waals surface area contributed by atoms with Gasteiger partial charge in [-0.2, -0.15) is 0 Å². The first-order chi connectivity index (χ1) is 10.2. The largest absolute Gasteiger partial charge is 0.352 e. The highest BCUT2D eigenvalue weighted by Gasteiger charge is 2.36. The molecule has 3 rings (SSSR count). The van der Waals surface area contributed by atoms with Gasteiger partial charge in [0.05, 0.1) is 6.04 Å². The Kier molecular flexibility index (Phi) is 5.17. The molecular formula is C17H31N3O. The van der Waals surface area contributed by atoms with Gasteiger partial charge in [-0.15, -0.1) is 0 Å². The first-order valence-corrected chi connectivity index (χ1v) is 9.01. The molecule has 2 heterocycles. The molecule has 2 aliphatic heterocycles. The van der Waals surface area contributed by atoms with Gasteiger partial charge in [0.2, 0.25) is 5.91 Å². The minimum atomic E-state index is 0.146. The van der Waals surface area contributed by atoms with Crippen molar-refractivity contribution in [1.29, 1.82) is 0 Å². The first-order valence-electron chi connectivity index (χ1n) is 9.01. The molecule has 4 heteroatoms. The molecule has 2 saturated heterocycles. The maximum atomic E-state index is 12.7. The van der Waals surface area contributed by atoms with Crippen LogP contribution < -0.4 is 10.6 Å². The van der Waals surface area contributed by atoms with Crippen LogP contribution in [-0.4, -0.2) is 48.6 Å². The topological polar surface area (TPSA) is 44.4 Å². The van der Waals surface area contributed by atoms with Crippen LogP contribution in [-0.2, 0) is 4.79 Å². The second-order valence-electron chi connectivity index (χ2n) is 7.34. The second-order valence-corrected chi connectivity index (χ2v) is 7.34. The maximum Gasteiger partial charge on any atom is 0.237 e. The number of rotatable bonds is 3. The summed E-state index contributed by atoms with van der Waals surface area (Å²) < 4.78 is 0. The number of hydrogen-bond acceptors (Lipinski definition) is 3. The zero-order chi connectivity index (χ0) is 14.7. The summed E-state index contributed by atoms with van der Waals surface area (Å²) >= 11 is 0. The fourth-order valence-electron chi connectivity index (χ4n) is 4.35. The smallest absolute Gasteiger partial charge is 0.237 e. The Bertz CT molecular complexity index is 346. The number of carbonyl (C=O) groups is 1. The van der Waals surface area contributed by atoms with Crippen LogP contribution in [0.25, 0.3) is 0 Å². The Balaban J connectivity index is 1.53. The molecule has 3 fully saturated rings. The van der Waals surface area contributed by atoms with Gasteiger partial charge in [-0.05, 0) is 76.9 Å². The highest BCUT2D eigenvalue weighted by Crippen LogP contribution is 2.26. The van der Waals surface area contributed by atoms with Crippen molar-refractivity contribution in [3.63, 3.8) is 0 Å². The highest BCUT2D eigenvalue weighted by atomic mass is 16.2. The zero-order valence-electron chi connectivity index (χ0n) is 13.4. The number of likely N-dealkylation sites (tertiary alicyclic amines) is 1. The summed E-state index contributed by atoms with van der Waals surface area (Å²) in [6, 6.07) is 1.20. The van der Waals surface area contributed by atoms with E-state index in [0.717, 1.165) is 32.0 Å². The molecular weight excluding hydrogens is 262 g/mol. The molecule has 1 saturated carbocycles. The molecule has 4 nitrogen and oxygen atoms in total. The van der Waals surface area contributed by atoms with E-state index in [1.54, 1.807) is 0 Å². The lowest BCUT2D eigenvalue weighted by molar-refractivity contribution is -0.127. The predicted molar refractivity (Wildman–Crippen MR) is 85.2 cm³/mol. The number of nitrogens with zero attached hydrogens (tertiary/aromatic N) is 1. The van der Waals surface area contributed by atoms with Crippen molar-refractivity contribution in [2.45, 2.75) is 76.4 Å². The normalized spacial score (nSPS) is 35.8. The van der Waals surface area contributed by atoms with Crippen molar-refractivity contribution < 1.29 is 4.79 Å². The van der Waals surface area contributed by atoms with E-state index in [9.17, 15) is 4.79 Å². The molecule has 1 atom stereocenters. The number of piperidine rings is 1. The maximum absolute atomic E-state index is 12.7. The SMILES string of the molecule is CC1CCC(NC(=O)C2CCCN2C2CCNCC2)CC1. The van der Waals surface area contributed by atoms with Gasteiger partial charge in [0.25, 0.3) is 0 Å². The van der Waals surface area contributed by atoms with Gasteiger partial charge in [-0.3, -0.25) is 9.69 Å². The van der Waals surface area contributed by atoms with Crippen molar-refractivity contribution in [1.82, 2.24) is 15.5 Å². The summed E-state index contributed by atoms with van der Waals surface area (Å²) in [5, 5.41) is 6.78. The summed E-state index contributed by atoms with van der Waals surface area (Å²) in [5.74, 6) is 1.15. The van der Waals surface area contributed by atoms with Gasteiger partial charge >= 0.3 is 0 Å². The third-order valence-corrected chi connectivity index (χ3v) is 5.74. The molecule has 0 bridgehead atoms. The van der Waals surface area contributed by atoms with Crippen molar-refractivity contribution in [3.8, 4) is 0 Å². The first kappa shape index (κ1) is 15.3. The van der Waals surface area contributed by atoms with Crippen molar-refractivity contribution >= 4 is 5.91 Å². The van der Waals surface area contributed by atoms with E-state index in [2.05, 4.69) is 22.5 Å². The Morgan fingerprint density at radius 3 is 2.48 bits per heavy atom. The van der Waals surface area contributed by atoms with Crippen LogP contribution in [0.4, 0.5) is 0 Å². The van der Waals surface area contributed by atoms with Crippen molar-refractivity contribution in [2.75, 3.05) is 19.6 Å². The van der Waals surface area contributed by atoms with Crippen LogP contribution in [0, 0.1) is 5.92 Å². The van der Waals surface area contributed by atoms with Crippen LogP contribution in [0.2, 0.25) is 0 Å². The minimum absolute atomic E-state index is 0.146. The third-order valence-electron chi connectivity index (χ3n) is 5.74. The van der Waals surface area contributed by atoms with E-state index in [1.807, 2.05) is 0 Å². The molecule has 120 valence electrons. The molecule has 1 amide bonds. The fraction of sp³-hybridized carbons (Fsp3) is 0.941. The van der Waals surface area contributed by atoms with Crippen LogP contribution in [0.3, 0.4) is 0 Å². The third kappa shape index (κ3) is 3.78. The van der Waals surface area contributed by atoms with Gasteiger partial charge in [-0.25, -0.2) is 0 Å². The minimum Gasteiger partial charge on any atom is -0.352 e. The molecule has 3 aliphatic rings. The van der Waals surface area contributed by atoms with Gasteiger partial charge < -0.3 is 10.6 Å². The Morgan fingerprint density at radius 2 is 1.76 bits per heavy atom. The summed E-state index contributed by atoms with van der Waals surface area (Å²) in [7, 11) is 0. The molecule has 2 N–H and O–H groups in total. The lowest BCUT2D eigenvalue weighted by Crippen LogP contribution is -2.52. The van der Waals surface area contributed by atoms with E-state index < -0.39 is 0 Å². The average molecular weight is 293 g/mol. The Morgan fingerprint density at radius 1 is 1.05 bits per heavy atom. The lowest BCUT2D eigenvalue weighted by Gasteiger charge is -2.36. The van der Waals surface area contributed by atoms with Gasteiger partial charge in [0.1, 0.15) is 0 Å². The number of hydrogen-bond donors (Lipinski definition) is 2. The molecule has 21 heavy (non-hydrogen) atoms.